The van der Waals surface area contributed by atoms with Crippen molar-refractivity contribution in [1.29, 1.82) is 0 Å². The first-order valence-corrected chi connectivity index (χ1v) is 6.43. The van der Waals surface area contributed by atoms with Crippen LogP contribution in [-0.2, 0) is 4.74 Å². The fraction of sp³-hybridized carbons (Fsp3) is 0.538. The Balaban J connectivity index is 0.00000400. The summed E-state index contributed by atoms with van der Waals surface area (Å²) in [7, 11) is 1.32. The van der Waals surface area contributed by atoms with E-state index in [0.29, 0.717) is 12.5 Å². The molecule has 0 aliphatic carbocycles. The molecule has 8 heteroatoms. The minimum atomic E-state index is -5.15. The van der Waals surface area contributed by atoms with Crippen LogP contribution in [0, 0.1) is 5.92 Å². The molecule has 0 aliphatic rings. The Hall–Kier alpha value is 0.271. The number of halogens is 3. The predicted octanol–water partition coefficient (Wildman–Crippen LogP) is -0.195. The molecule has 0 amide bonds. The average molecular weight is 330 g/mol. The number of ether oxygens (including phenoxy) is 3. The summed E-state index contributed by atoms with van der Waals surface area (Å²) < 4.78 is 54.1. The van der Waals surface area contributed by atoms with E-state index in [1.807, 2.05) is 13.8 Å². The van der Waals surface area contributed by atoms with E-state index in [1.165, 1.54) is 19.2 Å². The van der Waals surface area contributed by atoms with E-state index in [0.717, 1.165) is 6.07 Å². The first-order chi connectivity index (χ1) is 9.34. The molecule has 0 radical (unpaired) electrons. The Kier molecular flexibility index (Phi) is 10.3. The summed E-state index contributed by atoms with van der Waals surface area (Å²) in [5, 5.41) is 0. The number of methoxy groups -OCH3 is 1. The quantitative estimate of drug-likeness (QED) is 0.488. The van der Waals surface area contributed by atoms with Gasteiger partial charge in [0, 0.05) is 6.61 Å². The van der Waals surface area contributed by atoms with Gasteiger partial charge in [0.05, 0.1) is 19.5 Å². The third-order valence-corrected chi connectivity index (χ3v) is 2.51. The van der Waals surface area contributed by atoms with Gasteiger partial charge in [-0.3, -0.25) is 0 Å². The van der Waals surface area contributed by atoms with Crippen LogP contribution in [0.3, 0.4) is 0 Å². The van der Waals surface area contributed by atoms with E-state index >= 15 is 0 Å². The molecule has 21 heavy (non-hydrogen) atoms. The maximum atomic E-state index is 12.9. The Morgan fingerprint density at radius 2 is 1.81 bits per heavy atom. The van der Waals surface area contributed by atoms with Crippen LogP contribution in [0.25, 0.3) is 0 Å². The molecule has 3 nitrogen and oxygen atoms in total. The van der Waals surface area contributed by atoms with Gasteiger partial charge in [0.2, 0.25) is 0 Å². The van der Waals surface area contributed by atoms with Crippen molar-refractivity contribution in [3.63, 3.8) is 0 Å². The molecule has 0 unspecified atom stereocenters. The van der Waals surface area contributed by atoms with Crippen molar-refractivity contribution in [1.82, 2.24) is 0 Å². The van der Waals surface area contributed by atoms with Gasteiger partial charge in [0.1, 0.15) is 12.4 Å². The predicted molar refractivity (Wildman–Crippen MR) is 72.9 cm³/mol. The topological polar surface area (TPSA) is 27.7 Å². The molecule has 1 rings (SSSR count). The number of benzene rings is 1. The molecule has 0 bridgehead atoms. The zero-order valence-corrected chi connectivity index (χ0v) is 16.0. The zero-order valence-electron chi connectivity index (χ0n) is 12.9. The molecular formula is C13H19BF3KO3. The number of hydrogen-bond acceptors (Lipinski definition) is 3. The molecule has 0 saturated carbocycles. The molecule has 0 heterocycles. The fourth-order valence-electron chi connectivity index (χ4n) is 1.57. The van der Waals surface area contributed by atoms with Crippen LogP contribution in [0.5, 0.6) is 11.5 Å². The third kappa shape index (κ3) is 7.90. The molecule has 114 valence electrons. The normalized spacial score (nSPS) is 11.2. The van der Waals surface area contributed by atoms with E-state index in [9.17, 15) is 12.9 Å². The summed E-state index contributed by atoms with van der Waals surface area (Å²) in [6, 6.07) is 3.66. The van der Waals surface area contributed by atoms with E-state index in [1.54, 1.807) is 0 Å². The van der Waals surface area contributed by atoms with Crippen LogP contribution in [-0.4, -0.2) is 33.9 Å². The SMILES string of the molecule is COc1ccc(OCCOCC(C)C)c([B-](F)(F)F)c1.[K+]. The average Bonchev–Trinajstić information content (AvgIpc) is 2.37. The van der Waals surface area contributed by atoms with Gasteiger partial charge in [-0.2, -0.15) is 0 Å². The Bertz CT molecular complexity index is 428. The maximum absolute atomic E-state index is 12.9. The molecule has 0 aromatic heterocycles. The van der Waals surface area contributed by atoms with Gasteiger partial charge >= 0.3 is 58.4 Å². The summed E-state index contributed by atoms with van der Waals surface area (Å²) in [6.45, 7) is -0.260. The van der Waals surface area contributed by atoms with Gasteiger partial charge in [0.15, 0.2) is 0 Å². The second kappa shape index (κ2) is 10.1. The molecule has 1 aromatic carbocycles. The van der Waals surface area contributed by atoms with Crippen LogP contribution in [0.2, 0.25) is 0 Å². The monoisotopic (exact) mass is 330 g/mol. The van der Waals surface area contributed by atoms with Gasteiger partial charge in [-0.15, -0.1) is 0 Å². The second-order valence-electron chi connectivity index (χ2n) is 4.80. The van der Waals surface area contributed by atoms with Crippen molar-refractivity contribution < 1.29 is 78.5 Å². The van der Waals surface area contributed by atoms with Crippen molar-refractivity contribution >= 4 is 12.4 Å². The first kappa shape index (κ1) is 21.3. The summed E-state index contributed by atoms with van der Waals surface area (Å²) in [5.41, 5.74) is -0.784. The van der Waals surface area contributed by atoms with E-state index in [-0.39, 0.29) is 76.1 Å². The summed E-state index contributed by atoms with van der Waals surface area (Å²) in [4.78, 5) is 0. The zero-order chi connectivity index (χ0) is 15.2. The molecular weight excluding hydrogens is 311 g/mol. The van der Waals surface area contributed by atoms with Crippen LogP contribution in [0.1, 0.15) is 13.8 Å². The van der Waals surface area contributed by atoms with E-state index in [4.69, 9.17) is 14.2 Å². The molecule has 0 spiro atoms. The molecule has 0 fully saturated rings. The summed E-state index contributed by atoms with van der Waals surface area (Å²) in [5.74, 6) is 0.346. The first-order valence-electron chi connectivity index (χ1n) is 6.43. The van der Waals surface area contributed by atoms with Gasteiger partial charge < -0.3 is 27.2 Å². The minimum absolute atomic E-state index is 0. The van der Waals surface area contributed by atoms with Crippen molar-refractivity contribution in [2.75, 3.05) is 26.9 Å². The van der Waals surface area contributed by atoms with Crippen molar-refractivity contribution in [2.45, 2.75) is 13.8 Å². The minimum Gasteiger partial charge on any atom is -0.497 e. The van der Waals surface area contributed by atoms with Crippen molar-refractivity contribution in [2.24, 2.45) is 5.92 Å². The Morgan fingerprint density at radius 3 is 2.33 bits per heavy atom. The Labute approximate surface area is 166 Å². The van der Waals surface area contributed by atoms with Crippen molar-refractivity contribution in [3.05, 3.63) is 18.2 Å². The molecule has 0 N–H and O–H groups in total. The van der Waals surface area contributed by atoms with Gasteiger partial charge in [-0.05, 0) is 24.1 Å². The largest absolute Gasteiger partial charge is 1.00 e. The molecule has 0 saturated heterocycles. The summed E-state index contributed by atoms with van der Waals surface area (Å²) >= 11 is 0. The van der Waals surface area contributed by atoms with Gasteiger partial charge in [-0.25, -0.2) is 0 Å². The van der Waals surface area contributed by atoms with E-state index in [2.05, 4.69) is 0 Å². The van der Waals surface area contributed by atoms with E-state index < -0.39 is 12.4 Å². The van der Waals surface area contributed by atoms with Crippen LogP contribution < -0.4 is 66.3 Å². The molecule has 0 aliphatic heterocycles. The second-order valence-corrected chi connectivity index (χ2v) is 4.80. The van der Waals surface area contributed by atoms with Gasteiger partial charge in [0.25, 0.3) is 0 Å². The maximum Gasteiger partial charge on any atom is 1.00 e. The Morgan fingerprint density at radius 1 is 1.14 bits per heavy atom. The standard InChI is InChI=1S/C13H19BF3O3.K/c1-10(2)9-19-6-7-20-13-5-4-11(18-3)8-12(13)14(15,16)17;/h4-5,8,10H,6-7,9H2,1-3H3;/q-1;+1. The van der Waals surface area contributed by atoms with Gasteiger partial charge in [-0.1, -0.05) is 19.3 Å². The smallest absolute Gasteiger partial charge is 0.497 e. The number of rotatable bonds is 8. The summed E-state index contributed by atoms with van der Waals surface area (Å²) in [6.07, 6.45) is 0. The fourth-order valence-corrected chi connectivity index (χ4v) is 1.57. The molecule has 0 atom stereocenters. The van der Waals surface area contributed by atoms with Crippen LogP contribution >= 0.6 is 0 Å². The molecule has 1 aromatic rings. The third-order valence-electron chi connectivity index (χ3n) is 2.51. The van der Waals surface area contributed by atoms with Crippen molar-refractivity contribution in [3.8, 4) is 11.5 Å². The van der Waals surface area contributed by atoms with Crippen LogP contribution in [0.15, 0.2) is 18.2 Å². The number of hydrogen-bond donors (Lipinski definition) is 0. The van der Waals surface area contributed by atoms with Crippen LogP contribution in [0.4, 0.5) is 12.9 Å².